The molecule has 0 amide bonds. The first kappa shape index (κ1) is 20.9. The highest BCUT2D eigenvalue weighted by Crippen LogP contribution is 2.51. The lowest BCUT2D eigenvalue weighted by Gasteiger charge is -2.38. The minimum atomic E-state index is -6.72. The van der Waals surface area contributed by atoms with Crippen molar-refractivity contribution in [2.75, 3.05) is 6.61 Å². The van der Waals surface area contributed by atoms with E-state index in [0.29, 0.717) is 0 Å². The lowest BCUT2D eigenvalue weighted by molar-refractivity contribution is -0.425. The van der Waals surface area contributed by atoms with Crippen molar-refractivity contribution in [3.8, 4) is 0 Å². The second kappa shape index (κ2) is 5.82. The molecule has 0 aliphatic carbocycles. The monoisotopic (exact) mass is 346 g/mol. The number of alkyl halides is 8. The zero-order valence-corrected chi connectivity index (χ0v) is 11.7. The van der Waals surface area contributed by atoms with Crippen LogP contribution in [0.2, 0.25) is 0 Å². The molecule has 0 spiro atoms. The van der Waals surface area contributed by atoms with Crippen molar-refractivity contribution in [3.05, 3.63) is 0 Å². The molecule has 0 bridgehead atoms. The first-order valence-electron chi connectivity index (χ1n) is 5.85. The van der Waals surface area contributed by atoms with Crippen LogP contribution in [0.15, 0.2) is 0 Å². The molecule has 0 rings (SSSR count). The van der Waals surface area contributed by atoms with Gasteiger partial charge in [-0.2, -0.15) is 35.1 Å². The van der Waals surface area contributed by atoms with Gasteiger partial charge in [0.05, 0.1) is 5.41 Å². The molecule has 1 N–H and O–H groups in total. The molecule has 0 aromatic carbocycles. The van der Waals surface area contributed by atoms with E-state index < -0.39 is 41.9 Å². The van der Waals surface area contributed by atoms with Crippen LogP contribution >= 0.6 is 0 Å². The quantitative estimate of drug-likeness (QED) is 0.613. The van der Waals surface area contributed by atoms with Gasteiger partial charge < -0.3 is 9.84 Å². The number of hydrogen-bond donors (Lipinski definition) is 1. The van der Waals surface area contributed by atoms with Crippen molar-refractivity contribution < 1.29 is 49.8 Å². The average Bonchev–Trinajstić information content (AvgIpc) is 2.31. The Kier molecular flexibility index (Phi) is 5.52. The molecule has 0 aliphatic rings. The first-order chi connectivity index (χ1) is 9.44. The van der Waals surface area contributed by atoms with Crippen molar-refractivity contribution in [2.45, 2.75) is 51.1 Å². The Hall–Kier alpha value is -1.13. The Bertz CT molecular complexity index is 397. The Labute approximate surface area is 120 Å². The normalized spacial score (nSPS) is 14.9. The molecular weight excluding hydrogens is 332 g/mol. The minimum Gasteiger partial charge on any atom is -0.459 e. The van der Waals surface area contributed by atoms with E-state index in [1.54, 1.807) is 0 Å². The van der Waals surface area contributed by atoms with Gasteiger partial charge in [-0.15, -0.1) is 0 Å². The van der Waals surface area contributed by atoms with Crippen LogP contribution < -0.4 is 0 Å². The van der Waals surface area contributed by atoms with Crippen LogP contribution in [0.4, 0.5) is 35.1 Å². The third kappa shape index (κ3) is 3.61. The fourth-order valence-corrected chi connectivity index (χ4v) is 1.18. The second-order valence-corrected chi connectivity index (χ2v) is 5.22. The van der Waals surface area contributed by atoms with Gasteiger partial charge in [-0.1, -0.05) is 6.92 Å². The Morgan fingerprint density at radius 3 is 1.59 bits per heavy atom. The maximum absolute atomic E-state index is 13.3. The molecular formula is C11H14F8O3. The lowest BCUT2D eigenvalue weighted by atomic mass is 9.90. The largest absolute Gasteiger partial charge is 0.459 e. The maximum Gasteiger partial charge on any atom is 0.432 e. The predicted octanol–water partition coefficient (Wildman–Crippen LogP) is 3.46. The summed E-state index contributed by atoms with van der Waals surface area (Å²) in [5.41, 5.74) is -7.71. The summed E-state index contributed by atoms with van der Waals surface area (Å²) in [6, 6.07) is 0. The van der Waals surface area contributed by atoms with Gasteiger partial charge >= 0.3 is 29.8 Å². The SMILES string of the molecule is CCC(C)(C)C(=O)OCC(F)(F)C(O)(C(F)(F)F)C(F)(F)F. The topological polar surface area (TPSA) is 46.5 Å². The summed E-state index contributed by atoms with van der Waals surface area (Å²) >= 11 is 0. The number of halogens is 8. The van der Waals surface area contributed by atoms with Gasteiger partial charge in [-0.25, -0.2) is 0 Å². The van der Waals surface area contributed by atoms with Gasteiger partial charge in [0.2, 0.25) is 0 Å². The number of aliphatic hydroxyl groups is 1. The number of carbonyl (C=O) groups is 1. The molecule has 0 fully saturated rings. The molecule has 0 atom stereocenters. The van der Waals surface area contributed by atoms with E-state index in [4.69, 9.17) is 5.11 Å². The second-order valence-electron chi connectivity index (χ2n) is 5.22. The average molecular weight is 346 g/mol. The highest BCUT2D eigenvalue weighted by molar-refractivity contribution is 5.75. The van der Waals surface area contributed by atoms with E-state index in [-0.39, 0.29) is 6.42 Å². The molecule has 132 valence electrons. The van der Waals surface area contributed by atoms with E-state index in [9.17, 15) is 39.9 Å². The van der Waals surface area contributed by atoms with Gasteiger partial charge in [0.1, 0.15) is 0 Å². The standard InChI is InChI=1S/C11H14F8O3/c1-4-7(2,3)6(20)22-5-8(12,13)9(21,10(14,15)16)11(17,18)19/h21H,4-5H2,1-3H3. The van der Waals surface area contributed by atoms with Crippen LogP contribution in [0.1, 0.15) is 27.2 Å². The Morgan fingerprint density at radius 1 is 0.955 bits per heavy atom. The van der Waals surface area contributed by atoms with Crippen molar-refractivity contribution >= 4 is 5.97 Å². The number of hydrogen-bond acceptors (Lipinski definition) is 3. The predicted molar refractivity (Wildman–Crippen MR) is 57.0 cm³/mol. The fourth-order valence-electron chi connectivity index (χ4n) is 1.18. The number of carbonyl (C=O) groups excluding carboxylic acids is 1. The number of rotatable bonds is 5. The van der Waals surface area contributed by atoms with Crippen LogP contribution in [-0.4, -0.2) is 41.6 Å². The molecule has 22 heavy (non-hydrogen) atoms. The van der Waals surface area contributed by atoms with Gasteiger partial charge in [0.15, 0.2) is 6.61 Å². The molecule has 0 aromatic rings. The van der Waals surface area contributed by atoms with Crippen LogP contribution in [0.3, 0.4) is 0 Å². The van der Waals surface area contributed by atoms with E-state index >= 15 is 0 Å². The Morgan fingerprint density at radius 2 is 1.32 bits per heavy atom. The van der Waals surface area contributed by atoms with Gasteiger partial charge in [0.25, 0.3) is 0 Å². The zero-order chi connectivity index (χ0) is 18.2. The molecule has 0 saturated heterocycles. The summed E-state index contributed by atoms with van der Waals surface area (Å²) in [6.07, 6.45) is -13.4. The first-order valence-corrected chi connectivity index (χ1v) is 5.85. The molecule has 0 saturated carbocycles. The highest BCUT2D eigenvalue weighted by atomic mass is 19.4. The minimum absolute atomic E-state index is 0.0419. The lowest BCUT2D eigenvalue weighted by Crippen LogP contribution is -2.69. The summed E-state index contributed by atoms with van der Waals surface area (Å²) in [6.45, 7) is 1.27. The van der Waals surface area contributed by atoms with E-state index in [1.165, 1.54) is 20.8 Å². The summed E-state index contributed by atoms with van der Waals surface area (Å²) in [4.78, 5) is 11.4. The van der Waals surface area contributed by atoms with Crippen molar-refractivity contribution in [3.63, 3.8) is 0 Å². The zero-order valence-electron chi connectivity index (χ0n) is 11.7. The molecule has 11 heteroatoms. The summed E-state index contributed by atoms with van der Waals surface area (Å²) in [5.74, 6) is -7.23. The van der Waals surface area contributed by atoms with Gasteiger partial charge in [0, 0.05) is 0 Å². The third-order valence-electron chi connectivity index (χ3n) is 3.17. The fraction of sp³-hybridized carbons (Fsp3) is 0.909. The highest BCUT2D eigenvalue weighted by Gasteiger charge is 2.82. The van der Waals surface area contributed by atoms with Crippen molar-refractivity contribution in [1.82, 2.24) is 0 Å². The van der Waals surface area contributed by atoms with Gasteiger partial charge in [-0.3, -0.25) is 4.79 Å². The van der Waals surface area contributed by atoms with E-state index in [1.807, 2.05) is 0 Å². The molecule has 0 unspecified atom stereocenters. The van der Waals surface area contributed by atoms with Crippen molar-refractivity contribution in [1.29, 1.82) is 0 Å². The smallest absolute Gasteiger partial charge is 0.432 e. The molecule has 0 aromatic heterocycles. The summed E-state index contributed by atoms with van der Waals surface area (Å²) in [7, 11) is 0. The summed E-state index contributed by atoms with van der Waals surface area (Å²) in [5, 5.41) is 8.59. The number of esters is 1. The van der Waals surface area contributed by atoms with Crippen LogP contribution in [-0.2, 0) is 9.53 Å². The van der Waals surface area contributed by atoms with Crippen LogP contribution in [0, 0.1) is 5.41 Å². The number of ether oxygens (including phenoxy) is 1. The Balaban J connectivity index is 5.48. The molecule has 0 heterocycles. The summed E-state index contributed by atoms with van der Waals surface area (Å²) < 4.78 is 105. The van der Waals surface area contributed by atoms with Crippen LogP contribution in [0.25, 0.3) is 0 Å². The molecule has 0 aliphatic heterocycles. The molecule has 3 nitrogen and oxygen atoms in total. The van der Waals surface area contributed by atoms with Crippen LogP contribution in [0.5, 0.6) is 0 Å². The van der Waals surface area contributed by atoms with Crippen molar-refractivity contribution in [2.24, 2.45) is 5.41 Å². The maximum atomic E-state index is 13.3. The molecule has 0 radical (unpaired) electrons. The van der Waals surface area contributed by atoms with E-state index in [2.05, 4.69) is 4.74 Å². The van der Waals surface area contributed by atoms with Gasteiger partial charge in [-0.05, 0) is 20.3 Å². The third-order valence-corrected chi connectivity index (χ3v) is 3.17. The van der Waals surface area contributed by atoms with E-state index in [0.717, 1.165) is 0 Å².